The van der Waals surface area contributed by atoms with E-state index in [1.54, 1.807) is 24.3 Å². The van der Waals surface area contributed by atoms with Gasteiger partial charge in [-0.2, -0.15) is 0 Å². The topological polar surface area (TPSA) is 180 Å². The van der Waals surface area contributed by atoms with Crippen LogP contribution in [0.5, 0.6) is 0 Å². The lowest BCUT2D eigenvalue weighted by molar-refractivity contribution is -0.231. The Morgan fingerprint density at radius 3 is 1.18 bits per heavy atom. The van der Waals surface area contributed by atoms with Crippen molar-refractivity contribution in [3.8, 4) is 22.3 Å². The van der Waals surface area contributed by atoms with Gasteiger partial charge in [0.15, 0.2) is 0 Å². The SMILES string of the molecule is OCC1OC(c2ccc(-c3cccc(-c4ccc(C5OC(CO)C(O)C(O)C5O)cc4)c3)cc2)C(O)C(O)C1O. The largest absolute Gasteiger partial charge is 0.394 e. The molecule has 0 aromatic heterocycles. The highest BCUT2D eigenvalue weighted by Crippen LogP contribution is 2.36. The summed E-state index contributed by atoms with van der Waals surface area (Å²) in [5.74, 6) is 0. The van der Waals surface area contributed by atoms with Crippen molar-refractivity contribution in [1.29, 1.82) is 0 Å². The third-order valence-electron chi connectivity index (χ3n) is 7.79. The lowest BCUT2D eigenvalue weighted by atomic mass is 9.90. The molecule has 10 nitrogen and oxygen atoms in total. The van der Waals surface area contributed by atoms with E-state index in [4.69, 9.17) is 9.47 Å². The number of rotatable bonds is 6. The van der Waals surface area contributed by atoms with Gasteiger partial charge in [-0.1, -0.05) is 66.7 Å². The Hall–Kier alpha value is -2.74. The van der Waals surface area contributed by atoms with Crippen LogP contribution in [0.1, 0.15) is 23.3 Å². The van der Waals surface area contributed by atoms with E-state index in [0.29, 0.717) is 11.1 Å². The van der Waals surface area contributed by atoms with Crippen LogP contribution in [0.2, 0.25) is 0 Å². The minimum atomic E-state index is -1.45. The molecular weight excluding hydrogens is 520 g/mol. The van der Waals surface area contributed by atoms with Gasteiger partial charge in [0.05, 0.1) is 13.2 Å². The minimum Gasteiger partial charge on any atom is -0.394 e. The van der Waals surface area contributed by atoms with Crippen LogP contribution in [0.3, 0.4) is 0 Å². The average Bonchev–Trinajstić information content (AvgIpc) is 2.99. The molecule has 0 saturated carbocycles. The summed E-state index contributed by atoms with van der Waals surface area (Å²) in [5.41, 5.74) is 4.84. The molecule has 10 heteroatoms. The normalized spacial score (nSPS) is 34.5. The highest BCUT2D eigenvalue weighted by atomic mass is 16.6. The fourth-order valence-electron chi connectivity index (χ4n) is 5.36. The molecule has 2 aliphatic heterocycles. The van der Waals surface area contributed by atoms with Gasteiger partial charge in [0.1, 0.15) is 61.0 Å². The van der Waals surface area contributed by atoms with Crippen LogP contribution >= 0.6 is 0 Å². The molecule has 3 aromatic carbocycles. The fourth-order valence-corrected chi connectivity index (χ4v) is 5.36. The van der Waals surface area contributed by atoms with Crippen LogP contribution < -0.4 is 0 Å². The zero-order valence-electron chi connectivity index (χ0n) is 21.5. The summed E-state index contributed by atoms with van der Waals surface area (Å²) in [4.78, 5) is 0. The molecule has 0 radical (unpaired) electrons. The zero-order chi connectivity index (χ0) is 28.6. The smallest absolute Gasteiger partial charge is 0.113 e. The first-order valence-corrected chi connectivity index (χ1v) is 13.1. The van der Waals surface area contributed by atoms with Crippen molar-refractivity contribution in [1.82, 2.24) is 0 Å². The molecule has 214 valence electrons. The van der Waals surface area contributed by atoms with Crippen molar-refractivity contribution in [3.63, 3.8) is 0 Å². The Kier molecular flexibility index (Phi) is 8.64. The van der Waals surface area contributed by atoms with E-state index in [9.17, 15) is 40.9 Å². The molecule has 0 amide bonds. The van der Waals surface area contributed by atoms with Gasteiger partial charge in [0.25, 0.3) is 0 Å². The number of benzene rings is 3. The summed E-state index contributed by atoms with van der Waals surface area (Å²) >= 11 is 0. The molecule has 3 aromatic rings. The molecule has 2 heterocycles. The second kappa shape index (κ2) is 12.0. The Morgan fingerprint density at radius 1 is 0.450 bits per heavy atom. The molecule has 40 heavy (non-hydrogen) atoms. The number of aliphatic hydroxyl groups excluding tert-OH is 8. The molecular formula is C30H34O10. The predicted molar refractivity (Wildman–Crippen MR) is 143 cm³/mol. The van der Waals surface area contributed by atoms with Gasteiger partial charge >= 0.3 is 0 Å². The van der Waals surface area contributed by atoms with Gasteiger partial charge in [-0.15, -0.1) is 0 Å². The minimum absolute atomic E-state index is 0.490. The first kappa shape index (κ1) is 28.8. The highest BCUT2D eigenvalue weighted by Gasteiger charge is 2.45. The number of ether oxygens (including phenoxy) is 2. The lowest BCUT2D eigenvalue weighted by Crippen LogP contribution is -2.55. The lowest BCUT2D eigenvalue weighted by Gasteiger charge is -2.40. The molecule has 0 aliphatic carbocycles. The van der Waals surface area contributed by atoms with Crippen molar-refractivity contribution < 1.29 is 50.3 Å². The third-order valence-corrected chi connectivity index (χ3v) is 7.79. The summed E-state index contributed by atoms with van der Waals surface area (Å²) in [5, 5.41) is 80.0. The number of aliphatic hydroxyl groups is 8. The molecule has 2 saturated heterocycles. The number of hydrogen-bond acceptors (Lipinski definition) is 10. The van der Waals surface area contributed by atoms with Gasteiger partial charge in [-0.05, 0) is 39.4 Å². The van der Waals surface area contributed by atoms with E-state index < -0.39 is 74.3 Å². The van der Waals surface area contributed by atoms with E-state index in [1.165, 1.54) is 0 Å². The van der Waals surface area contributed by atoms with Gasteiger partial charge in [-0.25, -0.2) is 0 Å². The van der Waals surface area contributed by atoms with Gasteiger partial charge in [0.2, 0.25) is 0 Å². The molecule has 10 unspecified atom stereocenters. The second-order valence-electron chi connectivity index (χ2n) is 10.3. The molecule has 0 bridgehead atoms. The molecule has 8 N–H and O–H groups in total. The zero-order valence-corrected chi connectivity index (χ0v) is 21.5. The maximum atomic E-state index is 10.4. The van der Waals surface area contributed by atoms with E-state index in [-0.39, 0.29) is 0 Å². The maximum absolute atomic E-state index is 10.4. The summed E-state index contributed by atoms with van der Waals surface area (Å²) in [6, 6.07) is 22.3. The first-order valence-electron chi connectivity index (χ1n) is 13.1. The van der Waals surface area contributed by atoms with Crippen molar-refractivity contribution >= 4 is 0 Å². The summed E-state index contributed by atoms with van der Waals surface area (Å²) in [6.45, 7) is -0.981. The van der Waals surface area contributed by atoms with Crippen LogP contribution in [0, 0.1) is 0 Å². The second-order valence-corrected chi connectivity index (χ2v) is 10.3. The molecule has 0 spiro atoms. The van der Waals surface area contributed by atoms with E-state index >= 15 is 0 Å². The van der Waals surface area contributed by atoms with Crippen molar-refractivity contribution in [3.05, 3.63) is 83.9 Å². The monoisotopic (exact) mass is 554 g/mol. The van der Waals surface area contributed by atoms with E-state index in [1.807, 2.05) is 48.5 Å². The predicted octanol–water partition coefficient (Wildman–Crippen LogP) is 0.0504. The van der Waals surface area contributed by atoms with Crippen LogP contribution in [0.4, 0.5) is 0 Å². The van der Waals surface area contributed by atoms with E-state index in [0.717, 1.165) is 22.3 Å². The van der Waals surface area contributed by atoms with Crippen LogP contribution in [0.15, 0.2) is 72.8 Å². The summed E-state index contributed by atoms with van der Waals surface area (Å²) < 4.78 is 11.3. The van der Waals surface area contributed by atoms with Crippen molar-refractivity contribution in [2.75, 3.05) is 13.2 Å². The van der Waals surface area contributed by atoms with Crippen LogP contribution in [-0.4, -0.2) is 103 Å². The Labute approximate surface area is 230 Å². The Balaban J connectivity index is 1.33. The first-order chi connectivity index (χ1) is 19.2. The fraction of sp³-hybridized carbons (Fsp3) is 0.400. The van der Waals surface area contributed by atoms with Crippen molar-refractivity contribution in [2.24, 2.45) is 0 Å². The number of hydrogen-bond donors (Lipinski definition) is 8. The van der Waals surface area contributed by atoms with Crippen LogP contribution in [-0.2, 0) is 9.47 Å². The molecule has 10 atom stereocenters. The van der Waals surface area contributed by atoms with Gasteiger partial charge < -0.3 is 50.3 Å². The molecule has 2 aliphatic rings. The van der Waals surface area contributed by atoms with Crippen molar-refractivity contribution in [2.45, 2.75) is 61.0 Å². The standard InChI is InChI=1S/C30H34O10/c31-13-21-23(33)25(35)27(37)29(39-21)17-8-4-15(5-9-17)19-2-1-3-20(12-19)16-6-10-18(11-7-16)30-28(38)26(36)24(34)22(14-32)40-30/h1-12,21-38H,13-14H2. The average molecular weight is 555 g/mol. The molecule has 2 fully saturated rings. The summed E-state index contributed by atoms with van der Waals surface area (Å²) in [6.07, 6.45) is -12.2. The third kappa shape index (κ3) is 5.44. The van der Waals surface area contributed by atoms with Crippen LogP contribution in [0.25, 0.3) is 22.3 Å². The summed E-state index contributed by atoms with van der Waals surface area (Å²) in [7, 11) is 0. The van der Waals surface area contributed by atoms with Gasteiger partial charge in [-0.3, -0.25) is 0 Å². The van der Waals surface area contributed by atoms with Gasteiger partial charge in [0, 0.05) is 0 Å². The molecule has 5 rings (SSSR count). The van der Waals surface area contributed by atoms with E-state index in [2.05, 4.69) is 0 Å². The Bertz CT molecular complexity index is 1170. The quantitative estimate of drug-likeness (QED) is 0.207. The maximum Gasteiger partial charge on any atom is 0.113 e. The Morgan fingerprint density at radius 2 is 0.825 bits per heavy atom. The highest BCUT2D eigenvalue weighted by molar-refractivity contribution is 5.73.